The molecule has 9 nitrogen and oxygen atoms in total. The number of morpholine rings is 1. The molecule has 134 valence electrons. The van der Waals surface area contributed by atoms with Gasteiger partial charge < -0.3 is 19.7 Å². The molecule has 4 heterocycles. The van der Waals surface area contributed by atoms with Crippen molar-refractivity contribution in [3.63, 3.8) is 0 Å². The number of carbonyl (C=O) groups is 1. The Hall–Kier alpha value is -2.26. The molecule has 2 aliphatic rings. The van der Waals surface area contributed by atoms with Crippen LogP contribution in [0.3, 0.4) is 0 Å². The van der Waals surface area contributed by atoms with Crippen LogP contribution in [-0.2, 0) is 9.53 Å². The molecule has 2 aromatic heterocycles. The number of methoxy groups -OCH3 is 1. The summed E-state index contributed by atoms with van der Waals surface area (Å²) in [7, 11) is 1.60. The van der Waals surface area contributed by atoms with Crippen molar-refractivity contribution in [3.05, 3.63) is 18.0 Å². The number of rotatable bonds is 4. The first kappa shape index (κ1) is 16.2. The predicted octanol–water partition coefficient (Wildman–Crippen LogP) is -0.173. The van der Waals surface area contributed by atoms with Crippen LogP contribution in [0.4, 0.5) is 0 Å². The molecular weight excluding hydrogens is 324 g/mol. The zero-order valence-electron chi connectivity index (χ0n) is 14.2. The van der Waals surface area contributed by atoms with Gasteiger partial charge in [-0.05, 0) is 32.0 Å². The molecule has 0 spiro atoms. The molecule has 1 N–H and O–H groups in total. The minimum absolute atomic E-state index is 0.0310. The summed E-state index contributed by atoms with van der Waals surface area (Å²) in [5, 5.41) is 15.9. The third-order valence-electron chi connectivity index (χ3n) is 4.86. The maximum Gasteiger partial charge on any atom is 0.246 e. The number of carbonyl (C=O) groups excluding carboxylic acids is 1. The van der Waals surface area contributed by atoms with Crippen LogP contribution in [0.1, 0.15) is 24.6 Å². The lowest BCUT2D eigenvalue weighted by Crippen LogP contribution is -2.49. The summed E-state index contributed by atoms with van der Waals surface area (Å²) in [5.41, 5.74) is 0.740. The normalized spacial score (nSPS) is 22.9. The monoisotopic (exact) mass is 346 g/mol. The van der Waals surface area contributed by atoms with Gasteiger partial charge in [0.1, 0.15) is 6.61 Å². The second-order valence-corrected chi connectivity index (χ2v) is 6.52. The number of ether oxygens (including phenoxy) is 2. The van der Waals surface area contributed by atoms with E-state index in [1.807, 2.05) is 6.07 Å². The molecule has 0 saturated carbocycles. The van der Waals surface area contributed by atoms with Crippen LogP contribution in [0.15, 0.2) is 12.1 Å². The Balaban J connectivity index is 1.38. The number of nitrogens with zero attached hydrogens (tertiary/aromatic N) is 5. The molecular formula is C16H22N6O3. The second kappa shape index (κ2) is 6.93. The number of aromatic nitrogens is 4. The van der Waals surface area contributed by atoms with Crippen LogP contribution in [0.5, 0.6) is 5.88 Å². The zero-order chi connectivity index (χ0) is 17.2. The van der Waals surface area contributed by atoms with Gasteiger partial charge in [0.15, 0.2) is 11.5 Å². The Bertz CT molecular complexity index is 745. The first-order valence-corrected chi connectivity index (χ1v) is 8.60. The summed E-state index contributed by atoms with van der Waals surface area (Å²) in [5.74, 6) is 1.76. The molecule has 2 saturated heterocycles. The smallest absolute Gasteiger partial charge is 0.246 e. The Morgan fingerprint density at radius 1 is 1.32 bits per heavy atom. The van der Waals surface area contributed by atoms with Crippen LogP contribution in [0.25, 0.3) is 5.65 Å². The Labute approximate surface area is 145 Å². The number of nitrogens with one attached hydrogen (secondary N) is 1. The summed E-state index contributed by atoms with van der Waals surface area (Å²) in [6, 6.07) is 3.66. The van der Waals surface area contributed by atoms with Crippen molar-refractivity contribution in [3.8, 4) is 5.88 Å². The molecule has 0 aliphatic carbocycles. The van der Waals surface area contributed by atoms with Crippen molar-refractivity contribution < 1.29 is 14.3 Å². The SMILES string of the molecule is COc1ccc2nnc(C3CCN(CC4CNC(=O)CO4)CC3)n2n1. The standard InChI is InChI=1S/C16H22N6O3/c1-24-15-3-2-13-18-19-16(22(13)20-15)11-4-6-21(7-5-11)9-12-8-17-14(23)10-25-12/h2-3,11-12H,4-10H2,1H3,(H,17,23). The highest BCUT2D eigenvalue weighted by molar-refractivity contribution is 5.77. The predicted molar refractivity (Wildman–Crippen MR) is 88.5 cm³/mol. The number of piperidine rings is 1. The first-order chi connectivity index (χ1) is 12.2. The van der Waals surface area contributed by atoms with E-state index < -0.39 is 0 Å². The van der Waals surface area contributed by atoms with Crippen LogP contribution in [0, 0.1) is 0 Å². The van der Waals surface area contributed by atoms with E-state index in [0.29, 0.717) is 18.3 Å². The lowest BCUT2D eigenvalue weighted by atomic mass is 9.96. The van der Waals surface area contributed by atoms with Crippen LogP contribution in [-0.4, -0.2) is 76.6 Å². The van der Waals surface area contributed by atoms with Gasteiger partial charge >= 0.3 is 0 Å². The van der Waals surface area contributed by atoms with Crippen LogP contribution in [0.2, 0.25) is 0 Å². The van der Waals surface area contributed by atoms with E-state index >= 15 is 0 Å². The molecule has 2 fully saturated rings. The summed E-state index contributed by atoms with van der Waals surface area (Å²) >= 11 is 0. The van der Waals surface area contributed by atoms with Crippen molar-refractivity contribution in [2.24, 2.45) is 0 Å². The van der Waals surface area contributed by atoms with Gasteiger partial charge in [0.2, 0.25) is 11.8 Å². The van der Waals surface area contributed by atoms with Crippen molar-refractivity contribution in [2.45, 2.75) is 24.9 Å². The molecule has 2 aliphatic heterocycles. The molecule has 0 bridgehead atoms. The van der Waals surface area contributed by atoms with E-state index in [0.717, 1.165) is 43.9 Å². The molecule has 1 atom stereocenters. The highest BCUT2D eigenvalue weighted by Crippen LogP contribution is 2.27. The number of hydrogen-bond donors (Lipinski definition) is 1. The summed E-state index contributed by atoms with van der Waals surface area (Å²) in [6.45, 7) is 3.55. The van der Waals surface area contributed by atoms with Crippen molar-refractivity contribution in [1.82, 2.24) is 30.0 Å². The highest BCUT2D eigenvalue weighted by atomic mass is 16.5. The van der Waals surface area contributed by atoms with E-state index in [-0.39, 0.29) is 18.6 Å². The zero-order valence-corrected chi connectivity index (χ0v) is 14.2. The third kappa shape index (κ3) is 3.42. The minimum atomic E-state index is -0.0310. The number of fused-ring (bicyclic) bond motifs is 1. The molecule has 4 rings (SSSR count). The van der Waals surface area contributed by atoms with Gasteiger partial charge in [-0.2, -0.15) is 4.52 Å². The minimum Gasteiger partial charge on any atom is -0.480 e. The van der Waals surface area contributed by atoms with Gasteiger partial charge in [-0.25, -0.2) is 0 Å². The second-order valence-electron chi connectivity index (χ2n) is 6.52. The Kier molecular flexibility index (Phi) is 4.50. The van der Waals surface area contributed by atoms with E-state index in [1.54, 1.807) is 17.7 Å². The van der Waals surface area contributed by atoms with Gasteiger partial charge in [0.25, 0.3) is 0 Å². The maximum atomic E-state index is 11.1. The van der Waals surface area contributed by atoms with Gasteiger partial charge in [-0.1, -0.05) is 0 Å². The summed E-state index contributed by atoms with van der Waals surface area (Å²) in [4.78, 5) is 13.5. The Morgan fingerprint density at radius 2 is 2.16 bits per heavy atom. The van der Waals surface area contributed by atoms with E-state index in [9.17, 15) is 4.79 Å². The van der Waals surface area contributed by atoms with Crippen LogP contribution < -0.4 is 10.1 Å². The molecule has 1 amide bonds. The van der Waals surface area contributed by atoms with E-state index in [4.69, 9.17) is 9.47 Å². The molecule has 1 unspecified atom stereocenters. The van der Waals surface area contributed by atoms with Gasteiger partial charge in [0, 0.05) is 25.1 Å². The molecule has 2 aromatic rings. The first-order valence-electron chi connectivity index (χ1n) is 8.60. The van der Waals surface area contributed by atoms with Crippen LogP contribution >= 0.6 is 0 Å². The van der Waals surface area contributed by atoms with Gasteiger partial charge in [-0.3, -0.25) is 4.79 Å². The maximum absolute atomic E-state index is 11.1. The molecule has 9 heteroatoms. The van der Waals surface area contributed by atoms with Gasteiger partial charge in [-0.15, -0.1) is 15.3 Å². The highest BCUT2D eigenvalue weighted by Gasteiger charge is 2.28. The molecule has 0 aromatic carbocycles. The third-order valence-corrected chi connectivity index (χ3v) is 4.86. The largest absolute Gasteiger partial charge is 0.480 e. The topological polar surface area (TPSA) is 93.9 Å². The number of hydrogen-bond acceptors (Lipinski definition) is 7. The average Bonchev–Trinajstić information content (AvgIpc) is 3.07. The molecule has 25 heavy (non-hydrogen) atoms. The van der Waals surface area contributed by atoms with Crippen molar-refractivity contribution >= 4 is 11.6 Å². The van der Waals surface area contributed by atoms with Crippen molar-refractivity contribution in [2.75, 3.05) is 39.9 Å². The summed E-state index contributed by atoms with van der Waals surface area (Å²) in [6.07, 6.45) is 2.08. The average molecular weight is 346 g/mol. The Morgan fingerprint density at radius 3 is 2.88 bits per heavy atom. The van der Waals surface area contributed by atoms with Crippen molar-refractivity contribution in [1.29, 1.82) is 0 Å². The van der Waals surface area contributed by atoms with Gasteiger partial charge in [0.05, 0.1) is 13.2 Å². The quantitative estimate of drug-likeness (QED) is 0.821. The summed E-state index contributed by atoms with van der Waals surface area (Å²) < 4.78 is 12.6. The number of amides is 1. The lowest BCUT2D eigenvalue weighted by Gasteiger charge is -2.34. The lowest BCUT2D eigenvalue weighted by molar-refractivity contribution is -0.134. The number of likely N-dealkylation sites (tertiary alicyclic amines) is 1. The fraction of sp³-hybridized carbons (Fsp3) is 0.625. The fourth-order valence-electron chi connectivity index (χ4n) is 3.46. The fourth-order valence-corrected chi connectivity index (χ4v) is 3.46. The van der Waals surface area contributed by atoms with E-state index in [2.05, 4.69) is 25.5 Å². The van der Waals surface area contributed by atoms with E-state index in [1.165, 1.54) is 0 Å². The molecule has 0 radical (unpaired) electrons.